The molecule has 0 aliphatic heterocycles. The largest absolute Gasteiger partial charge is 0.459 e. The SMILES string of the molecule is O=C(CCc1ccccc1)NC(=S)Nc1cccc(NC(=O)c2ccco2)c1. The number of furan rings is 1. The van der Waals surface area contributed by atoms with E-state index in [2.05, 4.69) is 16.0 Å². The molecule has 7 heteroatoms. The predicted molar refractivity (Wildman–Crippen MR) is 112 cm³/mol. The fourth-order valence-electron chi connectivity index (χ4n) is 2.53. The van der Waals surface area contributed by atoms with E-state index in [0.29, 0.717) is 24.2 Å². The van der Waals surface area contributed by atoms with E-state index in [9.17, 15) is 9.59 Å². The number of rotatable bonds is 6. The smallest absolute Gasteiger partial charge is 0.291 e. The van der Waals surface area contributed by atoms with E-state index in [1.165, 1.54) is 6.26 Å². The highest BCUT2D eigenvalue weighted by molar-refractivity contribution is 7.80. The van der Waals surface area contributed by atoms with Crippen molar-refractivity contribution in [1.29, 1.82) is 0 Å². The van der Waals surface area contributed by atoms with Gasteiger partial charge in [-0.25, -0.2) is 0 Å². The van der Waals surface area contributed by atoms with E-state index in [1.807, 2.05) is 30.3 Å². The molecule has 1 aromatic heterocycles. The summed E-state index contributed by atoms with van der Waals surface area (Å²) in [6.07, 6.45) is 2.42. The van der Waals surface area contributed by atoms with Crippen LogP contribution in [0.3, 0.4) is 0 Å². The van der Waals surface area contributed by atoms with E-state index < -0.39 is 0 Å². The Morgan fingerprint density at radius 1 is 0.893 bits per heavy atom. The lowest BCUT2D eigenvalue weighted by Gasteiger charge is -2.11. The van der Waals surface area contributed by atoms with Crippen LogP contribution in [-0.2, 0) is 11.2 Å². The Labute approximate surface area is 167 Å². The molecule has 1 heterocycles. The number of amides is 2. The maximum Gasteiger partial charge on any atom is 0.291 e. The first kappa shape index (κ1) is 19.3. The topological polar surface area (TPSA) is 83.4 Å². The van der Waals surface area contributed by atoms with Crippen LogP contribution in [0.1, 0.15) is 22.5 Å². The molecule has 0 radical (unpaired) electrons. The minimum Gasteiger partial charge on any atom is -0.459 e. The molecule has 3 aromatic rings. The molecule has 3 N–H and O–H groups in total. The predicted octanol–water partition coefficient (Wildman–Crippen LogP) is 3.98. The molecule has 6 nitrogen and oxygen atoms in total. The van der Waals surface area contributed by atoms with Crippen molar-refractivity contribution in [2.75, 3.05) is 10.6 Å². The Balaban J connectivity index is 1.49. The van der Waals surface area contributed by atoms with Crippen LogP contribution in [0.5, 0.6) is 0 Å². The van der Waals surface area contributed by atoms with Crippen LogP contribution in [0.4, 0.5) is 11.4 Å². The molecule has 0 aliphatic rings. The molecule has 0 saturated heterocycles. The average molecular weight is 393 g/mol. The number of hydrogen-bond donors (Lipinski definition) is 3. The summed E-state index contributed by atoms with van der Waals surface area (Å²) in [5, 5.41) is 8.54. The van der Waals surface area contributed by atoms with Crippen molar-refractivity contribution >= 4 is 40.5 Å². The summed E-state index contributed by atoms with van der Waals surface area (Å²) >= 11 is 5.19. The van der Waals surface area contributed by atoms with Crippen LogP contribution < -0.4 is 16.0 Å². The van der Waals surface area contributed by atoms with Gasteiger partial charge >= 0.3 is 0 Å². The normalized spacial score (nSPS) is 10.1. The summed E-state index contributed by atoms with van der Waals surface area (Å²) in [7, 11) is 0. The minimum atomic E-state index is -0.348. The van der Waals surface area contributed by atoms with Crippen LogP contribution in [0.2, 0.25) is 0 Å². The Kier molecular flexibility index (Phi) is 6.54. The van der Waals surface area contributed by atoms with Crippen molar-refractivity contribution in [1.82, 2.24) is 5.32 Å². The van der Waals surface area contributed by atoms with Gasteiger partial charge in [0.1, 0.15) is 0 Å². The molecule has 0 bridgehead atoms. The number of hydrogen-bond acceptors (Lipinski definition) is 4. The molecule has 2 aromatic carbocycles. The van der Waals surface area contributed by atoms with E-state index in [0.717, 1.165) is 5.56 Å². The Bertz CT molecular complexity index is 956. The minimum absolute atomic E-state index is 0.163. The van der Waals surface area contributed by atoms with Crippen molar-refractivity contribution in [3.8, 4) is 0 Å². The fraction of sp³-hybridized carbons (Fsp3) is 0.0952. The summed E-state index contributed by atoms with van der Waals surface area (Å²) < 4.78 is 5.07. The van der Waals surface area contributed by atoms with Crippen molar-refractivity contribution in [3.63, 3.8) is 0 Å². The standard InChI is InChI=1S/C21H19N3O3S/c25-19(12-11-15-6-2-1-3-7-15)24-21(28)23-17-9-4-8-16(14-17)22-20(26)18-10-5-13-27-18/h1-10,13-14H,11-12H2,(H,22,26)(H2,23,24,25,28). The van der Waals surface area contributed by atoms with Crippen LogP contribution in [-0.4, -0.2) is 16.9 Å². The summed E-state index contributed by atoms with van der Waals surface area (Å²) in [6, 6.07) is 20.0. The van der Waals surface area contributed by atoms with Gasteiger partial charge in [-0.3, -0.25) is 9.59 Å². The van der Waals surface area contributed by atoms with Crippen molar-refractivity contribution in [2.24, 2.45) is 0 Å². The van der Waals surface area contributed by atoms with Gasteiger partial charge in [0, 0.05) is 17.8 Å². The van der Waals surface area contributed by atoms with E-state index in [-0.39, 0.29) is 22.7 Å². The van der Waals surface area contributed by atoms with Crippen molar-refractivity contribution in [3.05, 3.63) is 84.3 Å². The second-order valence-electron chi connectivity index (χ2n) is 6.00. The summed E-state index contributed by atoms with van der Waals surface area (Å²) in [4.78, 5) is 24.1. The van der Waals surface area contributed by atoms with E-state index >= 15 is 0 Å². The highest BCUT2D eigenvalue weighted by Gasteiger charge is 2.10. The fourth-order valence-corrected chi connectivity index (χ4v) is 2.76. The van der Waals surface area contributed by atoms with Gasteiger partial charge in [-0.1, -0.05) is 36.4 Å². The van der Waals surface area contributed by atoms with Gasteiger partial charge in [0.05, 0.1) is 6.26 Å². The monoisotopic (exact) mass is 393 g/mol. The Morgan fingerprint density at radius 3 is 2.36 bits per heavy atom. The molecule has 0 unspecified atom stereocenters. The van der Waals surface area contributed by atoms with Gasteiger partial charge in [0.2, 0.25) is 5.91 Å². The summed E-state index contributed by atoms with van der Waals surface area (Å²) in [5.74, 6) is -0.290. The lowest BCUT2D eigenvalue weighted by molar-refractivity contribution is -0.119. The molecule has 0 aliphatic carbocycles. The third-order valence-electron chi connectivity index (χ3n) is 3.86. The van der Waals surface area contributed by atoms with Gasteiger partial charge in [-0.2, -0.15) is 0 Å². The third-order valence-corrected chi connectivity index (χ3v) is 4.06. The zero-order chi connectivity index (χ0) is 19.8. The number of carbonyl (C=O) groups is 2. The quantitative estimate of drug-likeness (QED) is 0.552. The van der Waals surface area contributed by atoms with Gasteiger partial charge < -0.3 is 20.4 Å². The number of anilines is 2. The second kappa shape index (κ2) is 9.48. The second-order valence-corrected chi connectivity index (χ2v) is 6.41. The van der Waals surface area contributed by atoms with Gasteiger partial charge in [-0.15, -0.1) is 0 Å². The van der Waals surface area contributed by atoms with E-state index in [1.54, 1.807) is 36.4 Å². The molecule has 0 saturated carbocycles. The van der Waals surface area contributed by atoms with Crippen LogP contribution in [0.25, 0.3) is 0 Å². The number of nitrogens with one attached hydrogen (secondary N) is 3. The molecule has 0 fully saturated rings. The number of benzene rings is 2. The lowest BCUT2D eigenvalue weighted by Crippen LogP contribution is -2.34. The zero-order valence-electron chi connectivity index (χ0n) is 15.0. The van der Waals surface area contributed by atoms with Crippen LogP contribution >= 0.6 is 12.2 Å². The third kappa shape index (κ3) is 5.78. The summed E-state index contributed by atoms with van der Waals surface area (Å²) in [5.41, 5.74) is 2.31. The maximum absolute atomic E-state index is 12.1. The van der Waals surface area contributed by atoms with E-state index in [4.69, 9.17) is 16.6 Å². The molecule has 28 heavy (non-hydrogen) atoms. The van der Waals surface area contributed by atoms with Crippen LogP contribution in [0, 0.1) is 0 Å². The molecular formula is C21H19N3O3S. The number of aryl methyl sites for hydroxylation is 1. The first-order valence-electron chi connectivity index (χ1n) is 8.70. The van der Waals surface area contributed by atoms with Crippen LogP contribution in [0.15, 0.2) is 77.4 Å². The van der Waals surface area contributed by atoms with Gasteiger partial charge in [0.25, 0.3) is 5.91 Å². The molecule has 142 valence electrons. The Morgan fingerprint density at radius 2 is 1.64 bits per heavy atom. The maximum atomic E-state index is 12.1. The van der Waals surface area contributed by atoms with Gasteiger partial charge in [0.15, 0.2) is 10.9 Å². The molecule has 0 spiro atoms. The molecule has 2 amide bonds. The highest BCUT2D eigenvalue weighted by atomic mass is 32.1. The molecule has 0 atom stereocenters. The molecular weight excluding hydrogens is 374 g/mol. The first-order chi connectivity index (χ1) is 13.6. The number of thiocarbonyl (C=S) groups is 1. The van der Waals surface area contributed by atoms with Crippen molar-refractivity contribution in [2.45, 2.75) is 12.8 Å². The Hall–Kier alpha value is -3.45. The average Bonchev–Trinajstić information content (AvgIpc) is 3.22. The molecule has 3 rings (SSSR count). The van der Waals surface area contributed by atoms with Crippen molar-refractivity contribution < 1.29 is 14.0 Å². The lowest BCUT2D eigenvalue weighted by atomic mass is 10.1. The highest BCUT2D eigenvalue weighted by Crippen LogP contribution is 2.16. The first-order valence-corrected chi connectivity index (χ1v) is 9.10. The van der Waals surface area contributed by atoms with Gasteiger partial charge in [-0.05, 0) is 54.5 Å². The zero-order valence-corrected chi connectivity index (χ0v) is 15.8. The summed E-state index contributed by atoms with van der Waals surface area (Å²) in [6.45, 7) is 0. The number of carbonyl (C=O) groups excluding carboxylic acids is 2.